The van der Waals surface area contributed by atoms with Crippen molar-refractivity contribution in [2.24, 2.45) is 0 Å². The molecule has 0 heterocycles. The van der Waals surface area contributed by atoms with Gasteiger partial charge in [-0.05, 0) is 30.3 Å². The molecule has 0 aliphatic heterocycles. The molecule has 0 aromatic heterocycles. The van der Waals surface area contributed by atoms with E-state index in [1.54, 1.807) is 20.3 Å². The zero-order valence-electron chi connectivity index (χ0n) is 11.1. The fraction of sp³-hybridized carbons (Fsp3) is 0.133. The summed E-state index contributed by atoms with van der Waals surface area (Å²) in [7, 11) is 3.20. The smallest absolute Gasteiger partial charge is 0.142 e. The van der Waals surface area contributed by atoms with E-state index in [1.807, 2.05) is 30.3 Å². The molecule has 4 nitrogen and oxygen atoms in total. The van der Waals surface area contributed by atoms with E-state index in [4.69, 9.17) is 9.47 Å². The lowest BCUT2D eigenvalue weighted by atomic mass is 10.2. The Balaban J connectivity index is 2.41. The van der Waals surface area contributed by atoms with E-state index < -0.39 is 0 Å². The number of nitrogens with zero attached hydrogens (tertiary/aromatic N) is 1. The van der Waals surface area contributed by atoms with Crippen molar-refractivity contribution in [3.63, 3.8) is 0 Å². The predicted molar refractivity (Wildman–Crippen MR) is 81.7 cm³/mol. The van der Waals surface area contributed by atoms with Crippen molar-refractivity contribution < 1.29 is 9.47 Å². The van der Waals surface area contributed by atoms with Gasteiger partial charge in [0.1, 0.15) is 17.6 Å². The number of rotatable bonds is 4. The maximum atomic E-state index is 9.18. The van der Waals surface area contributed by atoms with Crippen LogP contribution in [-0.2, 0) is 0 Å². The summed E-state index contributed by atoms with van der Waals surface area (Å²) in [6.45, 7) is 0. The SMILES string of the molecule is COc1ccc(OC)c(Nc2ccc(Br)cc2C#N)c1. The normalized spacial score (nSPS) is 9.70. The average molecular weight is 333 g/mol. The Morgan fingerprint density at radius 3 is 2.50 bits per heavy atom. The first kappa shape index (κ1) is 14.2. The highest BCUT2D eigenvalue weighted by Gasteiger charge is 2.08. The van der Waals surface area contributed by atoms with Crippen LogP contribution >= 0.6 is 15.9 Å². The van der Waals surface area contributed by atoms with Crippen LogP contribution in [0.5, 0.6) is 11.5 Å². The van der Waals surface area contributed by atoms with Crippen LogP contribution in [0.15, 0.2) is 40.9 Å². The number of anilines is 2. The second-order valence-electron chi connectivity index (χ2n) is 3.99. The number of nitrogens with one attached hydrogen (secondary N) is 1. The number of ether oxygens (including phenoxy) is 2. The first-order chi connectivity index (χ1) is 9.67. The van der Waals surface area contributed by atoms with Crippen LogP contribution in [0.4, 0.5) is 11.4 Å². The first-order valence-electron chi connectivity index (χ1n) is 5.86. The third kappa shape index (κ3) is 3.03. The van der Waals surface area contributed by atoms with E-state index in [-0.39, 0.29) is 0 Å². The molecule has 0 atom stereocenters. The molecule has 102 valence electrons. The Bertz CT molecular complexity index is 665. The Morgan fingerprint density at radius 2 is 1.85 bits per heavy atom. The maximum Gasteiger partial charge on any atom is 0.142 e. The molecular formula is C15H13BrN2O2. The monoisotopic (exact) mass is 332 g/mol. The lowest BCUT2D eigenvalue weighted by Crippen LogP contribution is -1.97. The van der Waals surface area contributed by atoms with Gasteiger partial charge in [-0.2, -0.15) is 5.26 Å². The largest absolute Gasteiger partial charge is 0.497 e. The molecule has 0 aliphatic rings. The van der Waals surface area contributed by atoms with Crippen LogP contribution in [0.1, 0.15) is 5.56 Å². The minimum atomic E-state index is 0.546. The van der Waals surface area contributed by atoms with Gasteiger partial charge in [-0.25, -0.2) is 0 Å². The molecule has 0 radical (unpaired) electrons. The highest BCUT2D eigenvalue weighted by molar-refractivity contribution is 9.10. The number of methoxy groups -OCH3 is 2. The van der Waals surface area contributed by atoms with Crippen molar-refractivity contribution >= 4 is 27.3 Å². The number of benzene rings is 2. The molecule has 0 unspecified atom stereocenters. The summed E-state index contributed by atoms with van der Waals surface area (Å²) in [5.74, 6) is 1.39. The summed E-state index contributed by atoms with van der Waals surface area (Å²) in [6, 6.07) is 13.1. The van der Waals surface area contributed by atoms with Gasteiger partial charge in [-0.3, -0.25) is 0 Å². The molecule has 1 N–H and O–H groups in total. The van der Waals surface area contributed by atoms with Gasteiger partial charge in [-0.1, -0.05) is 15.9 Å². The van der Waals surface area contributed by atoms with Crippen LogP contribution in [0, 0.1) is 11.3 Å². The zero-order valence-corrected chi connectivity index (χ0v) is 12.7. The third-order valence-electron chi connectivity index (χ3n) is 2.78. The second kappa shape index (κ2) is 6.31. The summed E-state index contributed by atoms with van der Waals surface area (Å²) in [5.41, 5.74) is 2.00. The van der Waals surface area contributed by atoms with Crippen LogP contribution in [-0.4, -0.2) is 14.2 Å². The number of hydrogen-bond acceptors (Lipinski definition) is 4. The summed E-state index contributed by atoms with van der Waals surface area (Å²) < 4.78 is 11.4. The predicted octanol–water partition coefficient (Wildman–Crippen LogP) is 4.08. The van der Waals surface area contributed by atoms with Crippen LogP contribution in [0.2, 0.25) is 0 Å². The molecule has 2 rings (SSSR count). The molecule has 0 saturated carbocycles. The summed E-state index contributed by atoms with van der Waals surface area (Å²) in [4.78, 5) is 0. The molecular weight excluding hydrogens is 320 g/mol. The fourth-order valence-electron chi connectivity index (χ4n) is 1.77. The van der Waals surface area contributed by atoms with Crippen molar-refractivity contribution in [3.05, 3.63) is 46.4 Å². The highest BCUT2D eigenvalue weighted by atomic mass is 79.9. The molecule has 5 heteroatoms. The van der Waals surface area contributed by atoms with Gasteiger partial charge in [0.05, 0.1) is 31.2 Å². The Morgan fingerprint density at radius 1 is 1.05 bits per heavy atom. The van der Waals surface area contributed by atoms with Crippen molar-refractivity contribution in [3.8, 4) is 17.6 Å². The van der Waals surface area contributed by atoms with E-state index in [9.17, 15) is 5.26 Å². The van der Waals surface area contributed by atoms with E-state index in [0.717, 1.165) is 10.2 Å². The van der Waals surface area contributed by atoms with Crippen molar-refractivity contribution in [2.75, 3.05) is 19.5 Å². The minimum absolute atomic E-state index is 0.546. The van der Waals surface area contributed by atoms with Gasteiger partial charge in [0.25, 0.3) is 0 Å². The molecule has 2 aromatic rings. The topological polar surface area (TPSA) is 54.3 Å². The maximum absolute atomic E-state index is 9.18. The van der Waals surface area contributed by atoms with Crippen molar-refractivity contribution in [1.29, 1.82) is 5.26 Å². The molecule has 0 bridgehead atoms. The Kier molecular flexibility index (Phi) is 4.49. The van der Waals surface area contributed by atoms with Gasteiger partial charge in [0, 0.05) is 10.5 Å². The lowest BCUT2D eigenvalue weighted by molar-refractivity contribution is 0.405. The first-order valence-corrected chi connectivity index (χ1v) is 6.66. The van der Waals surface area contributed by atoms with Crippen LogP contribution in [0.3, 0.4) is 0 Å². The van der Waals surface area contributed by atoms with Crippen LogP contribution < -0.4 is 14.8 Å². The number of halogens is 1. The van der Waals surface area contributed by atoms with Crippen LogP contribution in [0.25, 0.3) is 0 Å². The fourth-order valence-corrected chi connectivity index (χ4v) is 2.14. The summed E-state index contributed by atoms with van der Waals surface area (Å²) in [6.07, 6.45) is 0. The summed E-state index contributed by atoms with van der Waals surface area (Å²) >= 11 is 3.35. The summed E-state index contributed by atoms with van der Waals surface area (Å²) in [5, 5.41) is 12.4. The number of nitriles is 1. The van der Waals surface area contributed by atoms with E-state index in [0.29, 0.717) is 22.7 Å². The molecule has 0 saturated heterocycles. The standard InChI is InChI=1S/C15H13BrN2O2/c1-19-12-4-6-15(20-2)14(8-12)18-13-5-3-11(16)7-10(13)9-17/h3-8,18H,1-2H3. The highest BCUT2D eigenvalue weighted by Crippen LogP contribution is 2.33. The quantitative estimate of drug-likeness (QED) is 0.916. The molecule has 0 amide bonds. The van der Waals surface area contributed by atoms with Gasteiger partial charge in [0.2, 0.25) is 0 Å². The van der Waals surface area contributed by atoms with E-state index in [1.165, 1.54) is 0 Å². The molecule has 0 fully saturated rings. The molecule has 2 aromatic carbocycles. The van der Waals surface area contributed by atoms with E-state index in [2.05, 4.69) is 27.3 Å². The zero-order chi connectivity index (χ0) is 14.5. The average Bonchev–Trinajstić information content (AvgIpc) is 2.48. The second-order valence-corrected chi connectivity index (χ2v) is 4.91. The Hall–Kier alpha value is -2.19. The Labute approximate surface area is 126 Å². The van der Waals surface area contributed by atoms with Gasteiger partial charge >= 0.3 is 0 Å². The van der Waals surface area contributed by atoms with Gasteiger partial charge in [-0.15, -0.1) is 0 Å². The van der Waals surface area contributed by atoms with Gasteiger partial charge < -0.3 is 14.8 Å². The van der Waals surface area contributed by atoms with E-state index >= 15 is 0 Å². The molecule has 20 heavy (non-hydrogen) atoms. The number of hydrogen-bond donors (Lipinski definition) is 1. The lowest BCUT2D eigenvalue weighted by Gasteiger charge is -2.13. The molecule has 0 spiro atoms. The van der Waals surface area contributed by atoms with Crippen molar-refractivity contribution in [2.45, 2.75) is 0 Å². The van der Waals surface area contributed by atoms with Crippen molar-refractivity contribution in [1.82, 2.24) is 0 Å². The third-order valence-corrected chi connectivity index (χ3v) is 3.27. The van der Waals surface area contributed by atoms with Gasteiger partial charge in [0.15, 0.2) is 0 Å². The minimum Gasteiger partial charge on any atom is -0.497 e. The molecule has 0 aliphatic carbocycles.